The first kappa shape index (κ1) is 24.4. The summed E-state index contributed by atoms with van der Waals surface area (Å²) in [5.74, 6) is -1.43. The Morgan fingerprint density at radius 3 is 2.71 bits per heavy atom. The zero-order valence-electron chi connectivity index (χ0n) is 19.3. The summed E-state index contributed by atoms with van der Waals surface area (Å²) in [5, 5.41) is 6.22. The van der Waals surface area contributed by atoms with E-state index in [0.29, 0.717) is 42.1 Å². The van der Waals surface area contributed by atoms with E-state index in [9.17, 15) is 19.2 Å². The van der Waals surface area contributed by atoms with Gasteiger partial charge in [0.1, 0.15) is 17.5 Å². The fourth-order valence-electron chi connectivity index (χ4n) is 4.36. The Morgan fingerprint density at radius 1 is 1.20 bits per heavy atom. The molecule has 8 heteroatoms. The third-order valence-electron chi connectivity index (χ3n) is 6.15. The van der Waals surface area contributed by atoms with Crippen molar-refractivity contribution in [3.8, 4) is 0 Å². The lowest BCUT2D eigenvalue weighted by Gasteiger charge is -2.29. The monoisotopic (exact) mass is 491 g/mol. The number of anilines is 1. The third-order valence-corrected chi connectivity index (χ3v) is 6.38. The largest absolute Gasteiger partial charge is 0.351 e. The molecule has 2 aromatic rings. The van der Waals surface area contributed by atoms with Crippen LogP contribution in [0.2, 0.25) is 5.02 Å². The van der Waals surface area contributed by atoms with E-state index in [1.54, 1.807) is 18.2 Å². The number of ketones is 1. The van der Waals surface area contributed by atoms with Crippen LogP contribution in [-0.4, -0.2) is 34.4 Å². The summed E-state index contributed by atoms with van der Waals surface area (Å²) in [6.45, 7) is 5.69. The zero-order chi connectivity index (χ0) is 25.1. The maximum atomic E-state index is 12.9. The lowest BCUT2D eigenvalue weighted by molar-refractivity contribution is -0.146. The molecule has 7 nitrogen and oxygen atoms in total. The van der Waals surface area contributed by atoms with E-state index < -0.39 is 23.8 Å². The van der Waals surface area contributed by atoms with Crippen LogP contribution in [0.15, 0.2) is 72.6 Å². The molecule has 35 heavy (non-hydrogen) atoms. The Hall–Kier alpha value is -3.71. The quantitative estimate of drug-likeness (QED) is 0.542. The molecule has 4 rings (SSSR count). The number of imide groups is 1. The average molecular weight is 492 g/mol. The second-order valence-corrected chi connectivity index (χ2v) is 9.36. The van der Waals surface area contributed by atoms with Crippen LogP contribution in [0, 0.1) is 0 Å². The van der Waals surface area contributed by atoms with Crippen LogP contribution < -0.4 is 10.6 Å². The van der Waals surface area contributed by atoms with Crippen LogP contribution in [0.5, 0.6) is 0 Å². The first-order valence-corrected chi connectivity index (χ1v) is 11.8. The van der Waals surface area contributed by atoms with Gasteiger partial charge in [0.15, 0.2) is 0 Å². The van der Waals surface area contributed by atoms with Crippen molar-refractivity contribution >= 4 is 40.8 Å². The van der Waals surface area contributed by atoms with Crippen molar-refractivity contribution in [1.82, 2.24) is 10.2 Å². The second kappa shape index (κ2) is 10.3. The molecule has 2 aliphatic heterocycles. The van der Waals surface area contributed by atoms with Crippen LogP contribution in [0.3, 0.4) is 0 Å². The van der Waals surface area contributed by atoms with Gasteiger partial charge in [0.2, 0.25) is 5.91 Å². The Morgan fingerprint density at radius 2 is 1.97 bits per heavy atom. The van der Waals surface area contributed by atoms with Crippen molar-refractivity contribution in [2.45, 2.75) is 44.6 Å². The lowest BCUT2D eigenvalue weighted by Crippen LogP contribution is -2.52. The highest BCUT2D eigenvalue weighted by atomic mass is 35.5. The fraction of sp³-hybridized carbons (Fsp3) is 0.259. The van der Waals surface area contributed by atoms with E-state index in [2.05, 4.69) is 17.2 Å². The number of benzene rings is 2. The third kappa shape index (κ3) is 5.69. The number of hydrogen-bond acceptors (Lipinski definition) is 5. The SMILES string of the molecule is C=C1CCC(N2C(=O)C=C(Nc3cccc(C(C)CC(=O)Cc4cccc(Cl)c4)c3)C2=O)C(=O)N1. The molecule has 0 spiro atoms. The van der Waals surface area contributed by atoms with E-state index >= 15 is 0 Å². The molecule has 2 aromatic carbocycles. The summed E-state index contributed by atoms with van der Waals surface area (Å²) >= 11 is 6.01. The molecule has 0 radical (unpaired) electrons. The first-order valence-electron chi connectivity index (χ1n) is 11.4. The van der Waals surface area contributed by atoms with Gasteiger partial charge in [-0.2, -0.15) is 0 Å². The highest BCUT2D eigenvalue weighted by Gasteiger charge is 2.41. The number of piperidine rings is 1. The van der Waals surface area contributed by atoms with Gasteiger partial charge >= 0.3 is 0 Å². The smallest absolute Gasteiger partial charge is 0.278 e. The topological polar surface area (TPSA) is 95.6 Å². The summed E-state index contributed by atoms with van der Waals surface area (Å²) in [6, 6.07) is 13.8. The maximum absolute atomic E-state index is 12.9. The normalized spacial score (nSPS) is 18.9. The van der Waals surface area contributed by atoms with Crippen molar-refractivity contribution < 1.29 is 19.2 Å². The van der Waals surface area contributed by atoms with Gasteiger partial charge in [0.25, 0.3) is 11.8 Å². The molecule has 2 N–H and O–H groups in total. The van der Waals surface area contributed by atoms with E-state index in [0.717, 1.165) is 16.0 Å². The number of Topliss-reactive ketones (excluding diaryl/α,β-unsaturated/α-hetero) is 1. The highest BCUT2D eigenvalue weighted by molar-refractivity contribution is 6.30. The van der Waals surface area contributed by atoms with E-state index in [1.807, 2.05) is 37.3 Å². The molecular formula is C27H26ClN3O4. The van der Waals surface area contributed by atoms with Gasteiger partial charge in [-0.15, -0.1) is 0 Å². The van der Waals surface area contributed by atoms with Crippen molar-refractivity contribution in [2.75, 3.05) is 5.32 Å². The van der Waals surface area contributed by atoms with Gasteiger partial charge in [-0.05, 0) is 54.2 Å². The molecule has 1 saturated heterocycles. The molecule has 2 atom stereocenters. The van der Waals surface area contributed by atoms with Crippen LogP contribution in [0.1, 0.15) is 43.2 Å². The van der Waals surface area contributed by atoms with E-state index in [4.69, 9.17) is 11.6 Å². The Bertz CT molecular complexity index is 1250. The molecule has 2 aliphatic rings. The van der Waals surface area contributed by atoms with Gasteiger partial charge in [-0.3, -0.25) is 24.1 Å². The standard InChI is InChI=1S/C27H26ClN3O4/c1-16(11-22(32)13-18-5-3-7-20(28)12-18)19-6-4-8-21(14-19)30-23-15-25(33)31(27(23)35)24-10-9-17(2)29-26(24)34/h3-8,12,14-16,24,30H,2,9-11,13H2,1H3,(H,29,34). The number of hydrogen-bond donors (Lipinski definition) is 2. The van der Waals surface area contributed by atoms with Crippen molar-refractivity contribution in [3.63, 3.8) is 0 Å². The molecule has 3 amide bonds. The highest BCUT2D eigenvalue weighted by Crippen LogP contribution is 2.27. The summed E-state index contributed by atoms with van der Waals surface area (Å²) < 4.78 is 0. The Kier molecular flexibility index (Phi) is 7.17. The van der Waals surface area contributed by atoms with Crippen LogP contribution in [0.25, 0.3) is 0 Å². The van der Waals surface area contributed by atoms with Gasteiger partial charge in [0.05, 0.1) is 0 Å². The molecule has 1 fully saturated rings. The summed E-state index contributed by atoms with van der Waals surface area (Å²) in [7, 11) is 0. The minimum absolute atomic E-state index is 0.0474. The Balaban J connectivity index is 1.40. The number of rotatable bonds is 8. The number of allylic oxidation sites excluding steroid dienone is 1. The van der Waals surface area contributed by atoms with Gasteiger partial charge in [-0.25, -0.2) is 0 Å². The number of amides is 3. The number of nitrogens with one attached hydrogen (secondary N) is 2. The van der Waals surface area contributed by atoms with Gasteiger partial charge < -0.3 is 10.6 Å². The second-order valence-electron chi connectivity index (χ2n) is 8.92. The molecule has 180 valence electrons. The predicted octanol–water partition coefficient (Wildman–Crippen LogP) is 4.10. The summed E-state index contributed by atoms with van der Waals surface area (Å²) in [4.78, 5) is 51.3. The summed E-state index contributed by atoms with van der Waals surface area (Å²) in [6.07, 6.45) is 2.73. The Labute approximate surface area is 208 Å². The van der Waals surface area contributed by atoms with Crippen molar-refractivity contribution in [3.05, 3.63) is 88.7 Å². The van der Waals surface area contributed by atoms with Crippen LogP contribution in [-0.2, 0) is 25.6 Å². The molecule has 0 aromatic heterocycles. The van der Waals surface area contributed by atoms with Crippen molar-refractivity contribution in [1.29, 1.82) is 0 Å². The number of halogens is 1. The molecule has 0 saturated carbocycles. The lowest BCUT2D eigenvalue weighted by atomic mass is 9.93. The molecule has 0 bridgehead atoms. The first-order chi connectivity index (χ1) is 16.7. The molecular weight excluding hydrogens is 466 g/mol. The fourth-order valence-corrected chi connectivity index (χ4v) is 4.58. The van der Waals surface area contributed by atoms with E-state index in [-0.39, 0.29) is 17.4 Å². The number of carbonyl (C=O) groups excluding carboxylic acids is 4. The number of carbonyl (C=O) groups is 4. The summed E-state index contributed by atoms with van der Waals surface area (Å²) in [5.41, 5.74) is 3.10. The van der Waals surface area contributed by atoms with E-state index in [1.165, 1.54) is 6.08 Å². The zero-order valence-corrected chi connectivity index (χ0v) is 20.1. The van der Waals surface area contributed by atoms with Crippen LogP contribution in [0.4, 0.5) is 5.69 Å². The maximum Gasteiger partial charge on any atom is 0.278 e. The minimum Gasteiger partial charge on any atom is -0.351 e. The van der Waals surface area contributed by atoms with Crippen molar-refractivity contribution in [2.24, 2.45) is 0 Å². The molecule has 2 unspecified atom stereocenters. The van der Waals surface area contributed by atoms with Gasteiger partial charge in [-0.1, -0.05) is 49.4 Å². The molecule has 0 aliphatic carbocycles. The average Bonchev–Trinajstić information content (AvgIpc) is 3.07. The predicted molar refractivity (Wildman–Crippen MR) is 134 cm³/mol. The molecule has 2 heterocycles. The number of nitrogens with zero attached hydrogens (tertiary/aromatic N) is 1. The van der Waals surface area contributed by atoms with Crippen LogP contribution >= 0.6 is 11.6 Å². The van der Waals surface area contributed by atoms with Gasteiger partial charge in [0, 0.05) is 35.3 Å². The minimum atomic E-state index is -0.854.